The Morgan fingerprint density at radius 3 is 2.74 bits per heavy atom. The van der Waals surface area contributed by atoms with Gasteiger partial charge in [0.1, 0.15) is 12.4 Å². The standard InChI is InChI=1S/C13H14N2O4/c1-2-7-19-13(18)15(10-4-5-10)11-6-3-9(8-14-11)12(16)17/h2-3,6,8,10H,1,4-5,7H2,(H,16,17). The first-order valence-corrected chi connectivity index (χ1v) is 5.89. The number of rotatable bonds is 5. The van der Waals surface area contributed by atoms with Crippen LogP contribution >= 0.6 is 0 Å². The lowest BCUT2D eigenvalue weighted by atomic mass is 10.3. The van der Waals surface area contributed by atoms with Crippen molar-refractivity contribution in [3.8, 4) is 0 Å². The molecule has 100 valence electrons. The van der Waals surface area contributed by atoms with Crippen LogP contribution in [0.5, 0.6) is 0 Å². The van der Waals surface area contributed by atoms with E-state index in [1.54, 1.807) is 0 Å². The van der Waals surface area contributed by atoms with Crippen LogP contribution in [-0.4, -0.2) is 34.8 Å². The largest absolute Gasteiger partial charge is 0.478 e. The van der Waals surface area contributed by atoms with Crippen molar-refractivity contribution in [3.63, 3.8) is 0 Å². The molecule has 1 aromatic heterocycles. The second-order valence-corrected chi connectivity index (χ2v) is 4.18. The Bertz CT molecular complexity index is 494. The smallest absolute Gasteiger partial charge is 0.416 e. The number of aromatic carboxylic acids is 1. The lowest BCUT2D eigenvalue weighted by molar-refractivity contribution is 0.0696. The number of carboxylic acids is 1. The fourth-order valence-electron chi connectivity index (χ4n) is 1.62. The van der Waals surface area contributed by atoms with E-state index in [2.05, 4.69) is 11.6 Å². The minimum atomic E-state index is -1.05. The molecule has 19 heavy (non-hydrogen) atoms. The van der Waals surface area contributed by atoms with E-state index >= 15 is 0 Å². The zero-order chi connectivity index (χ0) is 13.8. The molecule has 6 heteroatoms. The van der Waals surface area contributed by atoms with Gasteiger partial charge in [0.25, 0.3) is 0 Å². The normalized spacial score (nSPS) is 13.7. The zero-order valence-corrected chi connectivity index (χ0v) is 10.3. The number of aromatic nitrogens is 1. The number of carbonyl (C=O) groups is 2. The number of nitrogens with zero attached hydrogens (tertiary/aromatic N) is 2. The summed E-state index contributed by atoms with van der Waals surface area (Å²) in [5.74, 6) is -0.646. The van der Waals surface area contributed by atoms with Crippen LogP contribution in [0.3, 0.4) is 0 Å². The number of pyridine rings is 1. The van der Waals surface area contributed by atoms with E-state index < -0.39 is 12.1 Å². The van der Waals surface area contributed by atoms with Crippen molar-refractivity contribution in [2.45, 2.75) is 18.9 Å². The summed E-state index contributed by atoms with van der Waals surface area (Å²) in [5, 5.41) is 8.80. The SMILES string of the molecule is C=CCOC(=O)N(c1ccc(C(=O)O)cn1)C1CC1. The van der Waals surface area contributed by atoms with Gasteiger partial charge < -0.3 is 9.84 Å². The van der Waals surface area contributed by atoms with Gasteiger partial charge in [0, 0.05) is 12.2 Å². The van der Waals surface area contributed by atoms with E-state index in [-0.39, 0.29) is 18.2 Å². The molecule has 0 bridgehead atoms. The highest BCUT2D eigenvalue weighted by molar-refractivity contribution is 5.90. The maximum Gasteiger partial charge on any atom is 0.416 e. The van der Waals surface area contributed by atoms with Crippen molar-refractivity contribution in [1.29, 1.82) is 0 Å². The Morgan fingerprint density at radius 2 is 2.26 bits per heavy atom. The van der Waals surface area contributed by atoms with Crippen molar-refractivity contribution < 1.29 is 19.4 Å². The quantitative estimate of drug-likeness (QED) is 0.822. The van der Waals surface area contributed by atoms with Crippen molar-refractivity contribution >= 4 is 17.9 Å². The predicted molar refractivity (Wildman–Crippen MR) is 68.2 cm³/mol. The van der Waals surface area contributed by atoms with Crippen LogP contribution in [-0.2, 0) is 4.74 Å². The van der Waals surface area contributed by atoms with Gasteiger partial charge in [-0.25, -0.2) is 14.6 Å². The summed E-state index contributed by atoms with van der Waals surface area (Å²) in [5.41, 5.74) is 0.0824. The van der Waals surface area contributed by atoms with E-state index in [1.807, 2.05) is 0 Å². The highest BCUT2D eigenvalue weighted by Crippen LogP contribution is 2.31. The third-order valence-corrected chi connectivity index (χ3v) is 2.68. The van der Waals surface area contributed by atoms with Crippen molar-refractivity contribution in [1.82, 2.24) is 4.98 Å². The van der Waals surface area contributed by atoms with Gasteiger partial charge in [-0.05, 0) is 25.0 Å². The number of carbonyl (C=O) groups excluding carboxylic acids is 1. The molecule has 2 rings (SSSR count). The average Bonchev–Trinajstić information content (AvgIpc) is 3.22. The molecular weight excluding hydrogens is 248 g/mol. The highest BCUT2D eigenvalue weighted by Gasteiger charge is 2.35. The van der Waals surface area contributed by atoms with Gasteiger partial charge in [-0.15, -0.1) is 0 Å². The van der Waals surface area contributed by atoms with Crippen molar-refractivity contribution in [2.24, 2.45) is 0 Å². The molecule has 6 nitrogen and oxygen atoms in total. The maximum atomic E-state index is 11.9. The van der Waals surface area contributed by atoms with E-state index in [9.17, 15) is 9.59 Å². The fraction of sp³-hybridized carbons (Fsp3) is 0.308. The summed E-state index contributed by atoms with van der Waals surface area (Å²) in [4.78, 5) is 28.1. The van der Waals surface area contributed by atoms with E-state index in [0.29, 0.717) is 5.82 Å². The average molecular weight is 262 g/mol. The van der Waals surface area contributed by atoms with Gasteiger partial charge in [-0.3, -0.25) is 4.90 Å². The lowest BCUT2D eigenvalue weighted by Crippen LogP contribution is -2.34. The molecule has 1 fully saturated rings. The van der Waals surface area contributed by atoms with Crippen LogP contribution in [0.25, 0.3) is 0 Å². The second-order valence-electron chi connectivity index (χ2n) is 4.18. The van der Waals surface area contributed by atoms with Gasteiger partial charge >= 0.3 is 12.1 Å². The molecule has 1 N–H and O–H groups in total. The van der Waals surface area contributed by atoms with Gasteiger partial charge in [0.15, 0.2) is 0 Å². The summed E-state index contributed by atoms with van der Waals surface area (Å²) in [6.45, 7) is 3.61. The van der Waals surface area contributed by atoms with Crippen LogP contribution in [0.15, 0.2) is 31.0 Å². The number of carboxylic acid groups (broad SMARTS) is 1. The number of hydrogen-bond acceptors (Lipinski definition) is 4. The number of ether oxygens (including phenoxy) is 1. The Hall–Kier alpha value is -2.37. The predicted octanol–water partition coefficient (Wildman–Crippen LogP) is 2.07. The van der Waals surface area contributed by atoms with E-state index in [1.165, 1.54) is 29.3 Å². The van der Waals surface area contributed by atoms with Gasteiger partial charge in [0.05, 0.1) is 5.56 Å². The highest BCUT2D eigenvalue weighted by atomic mass is 16.6. The van der Waals surface area contributed by atoms with Gasteiger partial charge in [0.2, 0.25) is 0 Å². The molecule has 0 atom stereocenters. The summed E-state index contributed by atoms with van der Waals surface area (Å²) < 4.78 is 5.00. The third-order valence-electron chi connectivity index (χ3n) is 2.68. The molecule has 0 unspecified atom stereocenters. The first-order valence-electron chi connectivity index (χ1n) is 5.89. The number of anilines is 1. The van der Waals surface area contributed by atoms with Crippen LogP contribution < -0.4 is 4.90 Å². The molecule has 1 aliphatic rings. The third kappa shape index (κ3) is 3.09. The first kappa shape index (κ1) is 13.1. The summed E-state index contributed by atoms with van der Waals surface area (Å²) in [6.07, 6.45) is 4.02. The monoisotopic (exact) mass is 262 g/mol. The fourth-order valence-corrected chi connectivity index (χ4v) is 1.62. The number of amides is 1. The molecule has 0 radical (unpaired) electrons. The Labute approximate surface area is 110 Å². The summed E-state index contributed by atoms with van der Waals surface area (Å²) in [7, 11) is 0. The molecule has 0 spiro atoms. The van der Waals surface area contributed by atoms with Crippen LogP contribution in [0.4, 0.5) is 10.6 Å². The minimum Gasteiger partial charge on any atom is -0.478 e. The molecule has 1 aromatic rings. The Kier molecular flexibility index (Phi) is 3.79. The van der Waals surface area contributed by atoms with E-state index in [4.69, 9.17) is 9.84 Å². The molecular formula is C13H14N2O4. The number of hydrogen-bond donors (Lipinski definition) is 1. The molecule has 0 saturated heterocycles. The van der Waals surface area contributed by atoms with Crippen LogP contribution in [0.2, 0.25) is 0 Å². The lowest BCUT2D eigenvalue weighted by Gasteiger charge is -2.20. The second kappa shape index (κ2) is 5.51. The molecule has 0 aliphatic heterocycles. The Balaban J connectivity index is 2.16. The Morgan fingerprint density at radius 1 is 1.53 bits per heavy atom. The molecule has 0 aromatic carbocycles. The van der Waals surface area contributed by atoms with Gasteiger partial charge in [-0.1, -0.05) is 12.7 Å². The van der Waals surface area contributed by atoms with Crippen LogP contribution in [0.1, 0.15) is 23.2 Å². The zero-order valence-electron chi connectivity index (χ0n) is 10.3. The molecule has 1 aliphatic carbocycles. The molecule has 1 saturated carbocycles. The van der Waals surface area contributed by atoms with Crippen LogP contribution in [0, 0.1) is 0 Å². The summed E-state index contributed by atoms with van der Waals surface area (Å²) >= 11 is 0. The molecule has 1 amide bonds. The van der Waals surface area contributed by atoms with Gasteiger partial charge in [-0.2, -0.15) is 0 Å². The topological polar surface area (TPSA) is 79.7 Å². The van der Waals surface area contributed by atoms with E-state index in [0.717, 1.165) is 12.8 Å². The first-order chi connectivity index (χ1) is 9.13. The van der Waals surface area contributed by atoms with Crippen molar-refractivity contribution in [2.75, 3.05) is 11.5 Å². The maximum absolute atomic E-state index is 11.9. The summed E-state index contributed by atoms with van der Waals surface area (Å²) in [6, 6.07) is 3.01. The molecule has 1 heterocycles. The van der Waals surface area contributed by atoms with Crippen molar-refractivity contribution in [3.05, 3.63) is 36.5 Å². The minimum absolute atomic E-state index is 0.0824.